The van der Waals surface area contributed by atoms with E-state index < -0.39 is 0 Å². The largest absolute Gasteiger partial charge is 0.358 e. The zero-order valence-corrected chi connectivity index (χ0v) is 17.5. The molecule has 1 aliphatic rings. The molecule has 3 rings (SSSR count). The molecule has 27 heavy (non-hydrogen) atoms. The van der Waals surface area contributed by atoms with Gasteiger partial charge in [-0.25, -0.2) is 4.98 Å². The third-order valence-electron chi connectivity index (χ3n) is 4.77. The fourth-order valence-corrected chi connectivity index (χ4v) is 5.53. The van der Waals surface area contributed by atoms with Crippen LogP contribution in [0.2, 0.25) is 0 Å². The molecule has 0 radical (unpaired) electrons. The third kappa shape index (κ3) is 4.03. The van der Waals surface area contributed by atoms with Crippen molar-refractivity contribution in [3.63, 3.8) is 0 Å². The van der Waals surface area contributed by atoms with Gasteiger partial charge in [0.2, 0.25) is 11.8 Å². The predicted molar refractivity (Wildman–Crippen MR) is 109 cm³/mol. The number of hydrogen-bond donors (Lipinski definition) is 1. The van der Waals surface area contributed by atoms with Crippen LogP contribution in [0, 0.1) is 0 Å². The minimum absolute atomic E-state index is 0.00411. The Hall–Kier alpha value is -1.87. The molecule has 0 aromatic carbocycles. The molecule has 0 unspecified atom stereocenters. The highest BCUT2D eigenvalue weighted by Crippen LogP contribution is 2.34. The summed E-state index contributed by atoms with van der Waals surface area (Å²) in [6.45, 7) is 2.44. The molecular weight excluding hydrogens is 384 g/mol. The number of carbonyl (C=O) groups excluding carboxylic acids is 2. The van der Waals surface area contributed by atoms with Gasteiger partial charge in [-0.2, -0.15) is 0 Å². The predicted octanol–water partition coefficient (Wildman–Crippen LogP) is 1.65. The van der Waals surface area contributed by atoms with Crippen LogP contribution in [0.25, 0.3) is 10.2 Å². The molecule has 2 heterocycles. The Kier molecular flexibility index (Phi) is 6.21. The van der Waals surface area contributed by atoms with Crippen LogP contribution in [-0.4, -0.2) is 52.7 Å². The minimum Gasteiger partial charge on any atom is -0.358 e. The molecule has 9 heteroatoms. The van der Waals surface area contributed by atoms with Crippen LogP contribution in [0.15, 0.2) is 9.95 Å². The van der Waals surface area contributed by atoms with Gasteiger partial charge in [-0.05, 0) is 38.2 Å². The topological polar surface area (TPSA) is 84.3 Å². The van der Waals surface area contributed by atoms with Gasteiger partial charge < -0.3 is 10.2 Å². The molecule has 0 saturated carbocycles. The first-order chi connectivity index (χ1) is 13.0. The number of amides is 2. The van der Waals surface area contributed by atoms with E-state index in [1.807, 2.05) is 6.92 Å². The van der Waals surface area contributed by atoms with Crippen LogP contribution in [0.1, 0.15) is 30.2 Å². The van der Waals surface area contributed by atoms with Crippen molar-refractivity contribution in [1.29, 1.82) is 0 Å². The lowest BCUT2D eigenvalue weighted by Gasteiger charge is -2.16. The van der Waals surface area contributed by atoms with E-state index in [-0.39, 0.29) is 29.7 Å². The standard InChI is InChI=1S/C18H24N4O3S2/c1-4-22-17(25)15-11-7-5-6-8-12(11)27-16(15)20-18(22)26-10-14(24)21(3)9-13(23)19-2/h4-10H2,1-3H3,(H,19,23). The molecule has 0 aliphatic heterocycles. The summed E-state index contributed by atoms with van der Waals surface area (Å²) in [6.07, 6.45) is 4.25. The first kappa shape index (κ1) is 19.9. The highest BCUT2D eigenvalue weighted by molar-refractivity contribution is 7.99. The quantitative estimate of drug-likeness (QED) is 0.580. The van der Waals surface area contributed by atoms with Crippen molar-refractivity contribution in [3.8, 4) is 0 Å². The summed E-state index contributed by atoms with van der Waals surface area (Å²) in [5.74, 6) is -0.257. The summed E-state index contributed by atoms with van der Waals surface area (Å²) in [5, 5.41) is 3.83. The Balaban J connectivity index is 1.85. The number of rotatable bonds is 6. The van der Waals surface area contributed by atoms with E-state index in [1.54, 1.807) is 23.0 Å². The summed E-state index contributed by atoms with van der Waals surface area (Å²) in [6, 6.07) is 0. The average Bonchev–Trinajstić information content (AvgIpc) is 3.04. The number of nitrogens with zero attached hydrogens (tertiary/aromatic N) is 3. The fourth-order valence-electron chi connectivity index (χ4n) is 3.23. The van der Waals surface area contributed by atoms with Crippen LogP contribution in [0.3, 0.4) is 0 Å². The Morgan fingerprint density at radius 2 is 2.07 bits per heavy atom. The molecule has 1 N–H and O–H groups in total. The molecular formula is C18H24N4O3S2. The summed E-state index contributed by atoms with van der Waals surface area (Å²) in [5.41, 5.74) is 1.18. The lowest BCUT2D eigenvalue weighted by Crippen LogP contribution is -2.37. The second kappa shape index (κ2) is 8.43. The summed E-state index contributed by atoms with van der Waals surface area (Å²) >= 11 is 2.87. The molecule has 0 fully saturated rings. The number of hydrogen-bond acceptors (Lipinski definition) is 6. The number of nitrogens with one attached hydrogen (secondary N) is 1. The number of aryl methyl sites for hydroxylation is 2. The number of fused-ring (bicyclic) bond motifs is 3. The highest BCUT2D eigenvalue weighted by Gasteiger charge is 2.22. The molecule has 2 aromatic rings. The average molecular weight is 409 g/mol. The Labute approximate surface area is 166 Å². The molecule has 7 nitrogen and oxygen atoms in total. The second-order valence-electron chi connectivity index (χ2n) is 6.55. The molecule has 0 bridgehead atoms. The van der Waals surface area contributed by atoms with Crippen LogP contribution in [0.5, 0.6) is 0 Å². The molecule has 2 amide bonds. The van der Waals surface area contributed by atoms with E-state index in [1.165, 1.54) is 34.2 Å². The van der Waals surface area contributed by atoms with Gasteiger partial charge in [0.15, 0.2) is 5.16 Å². The van der Waals surface area contributed by atoms with Gasteiger partial charge >= 0.3 is 0 Å². The smallest absolute Gasteiger partial charge is 0.263 e. The van der Waals surface area contributed by atoms with Crippen LogP contribution in [-0.2, 0) is 29.0 Å². The van der Waals surface area contributed by atoms with Crippen molar-refractivity contribution in [2.24, 2.45) is 0 Å². The molecule has 1 aliphatic carbocycles. The molecule has 146 valence electrons. The second-order valence-corrected chi connectivity index (χ2v) is 8.57. The molecule has 0 spiro atoms. The fraction of sp³-hybridized carbons (Fsp3) is 0.556. The zero-order valence-electron chi connectivity index (χ0n) is 15.8. The van der Waals surface area contributed by atoms with Crippen molar-refractivity contribution in [2.75, 3.05) is 26.4 Å². The maximum absolute atomic E-state index is 13.0. The lowest BCUT2D eigenvalue weighted by atomic mass is 9.97. The van der Waals surface area contributed by atoms with Gasteiger partial charge in [0.25, 0.3) is 5.56 Å². The maximum Gasteiger partial charge on any atom is 0.263 e. The van der Waals surface area contributed by atoms with Crippen LogP contribution < -0.4 is 10.9 Å². The van der Waals surface area contributed by atoms with Crippen molar-refractivity contribution < 1.29 is 9.59 Å². The van der Waals surface area contributed by atoms with Gasteiger partial charge in [-0.1, -0.05) is 11.8 Å². The van der Waals surface area contributed by atoms with Gasteiger partial charge in [-0.15, -0.1) is 11.3 Å². The summed E-state index contributed by atoms with van der Waals surface area (Å²) < 4.78 is 1.65. The van der Waals surface area contributed by atoms with E-state index in [4.69, 9.17) is 4.98 Å². The first-order valence-corrected chi connectivity index (χ1v) is 10.9. The maximum atomic E-state index is 13.0. The number of carbonyl (C=O) groups is 2. The van der Waals surface area contributed by atoms with E-state index in [9.17, 15) is 14.4 Å². The monoisotopic (exact) mass is 408 g/mol. The van der Waals surface area contributed by atoms with Crippen LogP contribution >= 0.6 is 23.1 Å². The summed E-state index contributed by atoms with van der Waals surface area (Å²) in [4.78, 5) is 44.9. The lowest BCUT2D eigenvalue weighted by molar-refractivity contribution is -0.132. The Morgan fingerprint density at radius 3 is 2.78 bits per heavy atom. The highest BCUT2D eigenvalue weighted by atomic mass is 32.2. The van der Waals surface area contributed by atoms with Crippen molar-refractivity contribution in [2.45, 2.75) is 44.3 Å². The van der Waals surface area contributed by atoms with Gasteiger partial charge in [-0.3, -0.25) is 19.0 Å². The normalized spacial score (nSPS) is 13.4. The first-order valence-electron chi connectivity index (χ1n) is 9.08. The Morgan fingerprint density at radius 1 is 1.33 bits per heavy atom. The van der Waals surface area contributed by atoms with Crippen molar-refractivity contribution in [1.82, 2.24) is 19.8 Å². The molecule has 2 aromatic heterocycles. The van der Waals surface area contributed by atoms with E-state index >= 15 is 0 Å². The van der Waals surface area contributed by atoms with Crippen molar-refractivity contribution >= 4 is 45.1 Å². The Bertz CT molecular complexity index is 935. The van der Waals surface area contributed by atoms with E-state index in [0.717, 1.165) is 35.9 Å². The third-order valence-corrected chi connectivity index (χ3v) is 6.91. The number of aromatic nitrogens is 2. The van der Waals surface area contributed by atoms with Gasteiger partial charge in [0.05, 0.1) is 17.7 Å². The number of thiophene rings is 1. The van der Waals surface area contributed by atoms with Crippen molar-refractivity contribution in [3.05, 3.63) is 20.8 Å². The van der Waals surface area contributed by atoms with E-state index in [2.05, 4.69) is 5.32 Å². The van der Waals surface area contributed by atoms with Crippen LogP contribution in [0.4, 0.5) is 0 Å². The number of likely N-dealkylation sites (N-methyl/N-ethyl adjacent to an activating group) is 2. The summed E-state index contributed by atoms with van der Waals surface area (Å²) in [7, 11) is 3.13. The molecule has 0 saturated heterocycles. The zero-order chi connectivity index (χ0) is 19.6. The van der Waals surface area contributed by atoms with Gasteiger partial charge in [0.1, 0.15) is 4.83 Å². The number of thioether (sulfide) groups is 1. The minimum atomic E-state index is -0.218. The van der Waals surface area contributed by atoms with E-state index in [0.29, 0.717) is 11.7 Å². The molecule has 0 atom stereocenters. The SMILES string of the molecule is CCn1c(SCC(=O)N(C)CC(=O)NC)nc2sc3c(c2c1=O)CCCC3. The van der Waals surface area contributed by atoms with Gasteiger partial charge in [0, 0.05) is 25.5 Å².